The van der Waals surface area contributed by atoms with E-state index >= 15 is 0 Å². The number of nitrogens with zero attached hydrogens (tertiary/aromatic N) is 2. The van der Waals surface area contributed by atoms with E-state index in [4.69, 9.17) is 0 Å². The topological polar surface area (TPSA) is 37.8 Å². The van der Waals surface area contributed by atoms with Gasteiger partial charge in [-0.2, -0.15) is 4.39 Å². The van der Waals surface area contributed by atoms with Crippen LogP contribution in [-0.2, 0) is 6.42 Å². The van der Waals surface area contributed by atoms with Crippen molar-refractivity contribution in [3.63, 3.8) is 0 Å². The number of aromatic nitrogens is 2. The van der Waals surface area contributed by atoms with Crippen LogP contribution in [-0.4, -0.2) is 9.97 Å². The molecule has 0 atom stereocenters. The van der Waals surface area contributed by atoms with Crippen LogP contribution in [0.4, 0.5) is 15.9 Å². The Morgan fingerprint density at radius 2 is 2.12 bits per heavy atom. The Bertz CT molecular complexity index is 531. The van der Waals surface area contributed by atoms with Gasteiger partial charge in [0.05, 0.1) is 0 Å². The zero-order valence-corrected chi connectivity index (χ0v) is 10.8. The molecular weight excluding hydrogens is 285 g/mol. The zero-order chi connectivity index (χ0) is 12.3. The van der Waals surface area contributed by atoms with Gasteiger partial charge >= 0.3 is 0 Å². The van der Waals surface area contributed by atoms with Gasteiger partial charge in [0.1, 0.15) is 12.1 Å². The lowest BCUT2D eigenvalue weighted by molar-refractivity contribution is 0.580. The molecule has 0 aliphatic rings. The van der Waals surface area contributed by atoms with Gasteiger partial charge in [0.25, 0.3) is 0 Å². The normalized spacial score (nSPS) is 10.3. The second kappa shape index (κ2) is 5.23. The Labute approximate surface area is 107 Å². The third-order valence-electron chi connectivity index (χ3n) is 2.34. The van der Waals surface area contributed by atoms with Crippen LogP contribution in [0.2, 0.25) is 0 Å². The molecule has 0 amide bonds. The SMILES string of the molecule is CCc1cc(Br)ccc1Nc1cc(F)ncn1. The minimum atomic E-state index is -0.544. The maximum Gasteiger partial charge on any atom is 0.218 e. The van der Waals surface area contributed by atoms with Crippen LogP contribution in [0.15, 0.2) is 35.1 Å². The zero-order valence-electron chi connectivity index (χ0n) is 9.24. The molecule has 2 rings (SSSR count). The van der Waals surface area contributed by atoms with Gasteiger partial charge in [-0.05, 0) is 30.2 Å². The van der Waals surface area contributed by atoms with Gasteiger partial charge in [-0.3, -0.25) is 0 Å². The molecular formula is C12H11BrFN3. The highest BCUT2D eigenvalue weighted by Crippen LogP contribution is 2.24. The fourth-order valence-corrected chi connectivity index (χ4v) is 1.93. The molecule has 5 heteroatoms. The minimum absolute atomic E-state index is 0.453. The summed E-state index contributed by atoms with van der Waals surface area (Å²) < 4.78 is 13.9. The molecule has 0 aliphatic heterocycles. The second-order valence-corrected chi connectivity index (χ2v) is 4.42. The van der Waals surface area contributed by atoms with Crippen LogP contribution in [0.25, 0.3) is 0 Å². The molecule has 0 bridgehead atoms. The van der Waals surface area contributed by atoms with E-state index in [1.54, 1.807) is 0 Å². The molecule has 1 aromatic heterocycles. The summed E-state index contributed by atoms with van der Waals surface area (Å²) in [5, 5.41) is 3.08. The average Bonchev–Trinajstić information content (AvgIpc) is 2.31. The number of nitrogens with one attached hydrogen (secondary N) is 1. The Kier molecular flexibility index (Phi) is 3.68. The first-order chi connectivity index (χ1) is 8.19. The summed E-state index contributed by atoms with van der Waals surface area (Å²) in [4.78, 5) is 7.37. The van der Waals surface area contributed by atoms with Crippen molar-refractivity contribution < 1.29 is 4.39 Å². The standard InChI is InChI=1S/C12H11BrFN3/c1-2-8-5-9(13)3-4-10(8)17-12-6-11(14)15-7-16-12/h3-7H,2H2,1H3,(H,15,16,17). The molecule has 0 aliphatic carbocycles. The van der Waals surface area contributed by atoms with E-state index in [9.17, 15) is 4.39 Å². The summed E-state index contributed by atoms with van der Waals surface area (Å²) in [5.74, 6) is -0.0906. The summed E-state index contributed by atoms with van der Waals surface area (Å²) in [6.07, 6.45) is 2.08. The van der Waals surface area contributed by atoms with E-state index in [0.29, 0.717) is 5.82 Å². The van der Waals surface area contributed by atoms with Crippen molar-refractivity contribution in [3.05, 3.63) is 46.6 Å². The molecule has 88 valence electrons. The van der Waals surface area contributed by atoms with Crippen LogP contribution >= 0.6 is 15.9 Å². The number of halogens is 2. The molecule has 1 N–H and O–H groups in total. The summed E-state index contributed by atoms with van der Waals surface area (Å²) in [6, 6.07) is 7.16. The summed E-state index contributed by atoms with van der Waals surface area (Å²) in [7, 11) is 0. The van der Waals surface area contributed by atoms with E-state index in [1.165, 1.54) is 12.4 Å². The highest BCUT2D eigenvalue weighted by molar-refractivity contribution is 9.10. The Hall–Kier alpha value is -1.49. The van der Waals surface area contributed by atoms with Gasteiger partial charge in [-0.25, -0.2) is 9.97 Å². The summed E-state index contributed by atoms with van der Waals surface area (Å²) in [6.45, 7) is 2.06. The number of rotatable bonds is 3. The highest BCUT2D eigenvalue weighted by atomic mass is 79.9. The van der Waals surface area contributed by atoms with Crippen LogP contribution < -0.4 is 5.32 Å². The molecule has 0 saturated carbocycles. The predicted octanol–water partition coefficient (Wildman–Crippen LogP) is 3.68. The number of aryl methyl sites for hydroxylation is 1. The van der Waals surface area contributed by atoms with Gasteiger partial charge in [0.15, 0.2) is 0 Å². The molecule has 0 unspecified atom stereocenters. The molecule has 0 saturated heterocycles. The number of anilines is 2. The van der Waals surface area contributed by atoms with E-state index in [2.05, 4.69) is 38.1 Å². The van der Waals surface area contributed by atoms with Crippen molar-refractivity contribution in [2.45, 2.75) is 13.3 Å². The van der Waals surface area contributed by atoms with Crippen molar-refractivity contribution in [2.75, 3.05) is 5.32 Å². The number of hydrogen-bond acceptors (Lipinski definition) is 3. The van der Waals surface area contributed by atoms with Crippen LogP contribution in [0.1, 0.15) is 12.5 Å². The lowest BCUT2D eigenvalue weighted by atomic mass is 10.1. The Balaban J connectivity index is 2.29. The van der Waals surface area contributed by atoms with E-state index in [-0.39, 0.29) is 0 Å². The average molecular weight is 296 g/mol. The number of benzene rings is 1. The monoisotopic (exact) mass is 295 g/mol. The van der Waals surface area contributed by atoms with Gasteiger partial charge in [-0.15, -0.1) is 0 Å². The summed E-state index contributed by atoms with van der Waals surface area (Å²) in [5.41, 5.74) is 2.06. The number of hydrogen-bond donors (Lipinski definition) is 1. The predicted molar refractivity (Wildman–Crippen MR) is 68.8 cm³/mol. The van der Waals surface area contributed by atoms with Crippen molar-refractivity contribution in [1.82, 2.24) is 9.97 Å². The fourth-order valence-electron chi connectivity index (χ4n) is 1.52. The molecule has 2 aromatic rings. The molecule has 3 nitrogen and oxygen atoms in total. The first-order valence-corrected chi connectivity index (χ1v) is 6.01. The van der Waals surface area contributed by atoms with Gasteiger partial charge < -0.3 is 5.32 Å². The first-order valence-electron chi connectivity index (χ1n) is 5.22. The van der Waals surface area contributed by atoms with Gasteiger partial charge in [0, 0.05) is 16.2 Å². The third-order valence-corrected chi connectivity index (χ3v) is 2.84. The quantitative estimate of drug-likeness (QED) is 0.878. The van der Waals surface area contributed by atoms with Gasteiger partial charge in [0.2, 0.25) is 5.95 Å². The smallest absolute Gasteiger partial charge is 0.218 e. The molecule has 1 aromatic carbocycles. The highest BCUT2D eigenvalue weighted by Gasteiger charge is 2.03. The molecule has 0 spiro atoms. The summed E-state index contributed by atoms with van der Waals surface area (Å²) >= 11 is 3.42. The van der Waals surface area contributed by atoms with Crippen LogP contribution in [0.5, 0.6) is 0 Å². The lowest BCUT2D eigenvalue weighted by Crippen LogP contribution is -1.98. The lowest BCUT2D eigenvalue weighted by Gasteiger charge is -2.10. The Morgan fingerprint density at radius 3 is 2.82 bits per heavy atom. The van der Waals surface area contributed by atoms with Crippen molar-refractivity contribution in [1.29, 1.82) is 0 Å². The first kappa shape index (κ1) is 12.0. The molecule has 0 fully saturated rings. The van der Waals surface area contributed by atoms with Crippen molar-refractivity contribution >= 4 is 27.4 Å². The Morgan fingerprint density at radius 1 is 1.29 bits per heavy atom. The van der Waals surface area contributed by atoms with Crippen molar-refractivity contribution in [3.8, 4) is 0 Å². The van der Waals surface area contributed by atoms with Crippen LogP contribution in [0.3, 0.4) is 0 Å². The molecule has 1 heterocycles. The molecule has 0 radical (unpaired) electrons. The van der Waals surface area contributed by atoms with Gasteiger partial charge in [-0.1, -0.05) is 22.9 Å². The van der Waals surface area contributed by atoms with E-state index in [1.807, 2.05) is 18.2 Å². The minimum Gasteiger partial charge on any atom is -0.340 e. The van der Waals surface area contributed by atoms with Crippen LogP contribution in [0, 0.1) is 5.95 Å². The van der Waals surface area contributed by atoms with Crippen molar-refractivity contribution in [2.24, 2.45) is 0 Å². The maximum absolute atomic E-state index is 12.9. The second-order valence-electron chi connectivity index (χ2n) is 3.51. The molecule has 17 heavy (non-hydrogen) atoms. The van der Waals surface area contributed by atoms with E-state index < -0.39 is 5.95 Å². The fraction of sp³-hybridized carbons (Fsp3) is 0.167. The largest absolute Gasteiger partial charge is 0.340 e. The van der Waals surface area contributed by atoms with E-state index in [0.717, 1.165) is 22.1 Å². The third kappa shape index (κ3) is 3.00. The maximum atomic E-state index is 12.9.